The van der Waals surface area contributed by atoms with E-state index in [-0.39, 0.29) is 36.5 Å². The lowest BCUT2D eigenvalue weighted by Crippen LogP contribution is -2.06. The molecule has 3 rings (SSSR count). The summed E-state index contributed by atoms with van der Waals surface area (Å²) < 4.78 is 23.6. The van der Waals surface area contributed by atoms with E-state index in [2.05, 4.69) is 29.4 Å². The Hall–Kier alpha value is -3.75. The minimum Gasteiger partial charge on any atom is -0.469 e. The van der Waals surface area contributed by atoms with Gasteiger partial charge in [-0.2, -0.15) is 4.98 Å². The molecule has 0 saturated carbocycles. The highest BCUT2D eigenvalue weighted by atomic mass is 19.1. The molecular weight excluding hydrogens is 403 g/mol. The number of carbonyl (C=O) groups is 2. The standard InChI is InChI=1S/C22H21FN4O4/c1-30-19(28)11-14-5-3-7-16(9-14)25-21-18(23)13-24-22(27-21)26-17-8-4-6-15(10-17)12-20(29)31-2/h3-4,7-10,13H,5-6,11-12H2,1-2H3. The number of hydrogen-bond acceptors (Lipinski definition) is 8. The van der Waals surface area contributed by atoms with Crippen LogP contribution in [0.1, 0.15) is 25.7 Å². The maximum atomic E-state index is 14.2. The van der Waals surface area contributed by atoms with Crippen LogP contribution < -0.4 is 0 Å². The van der Waals surface area contributed by atoms with Gasteiger partial charge in [0.05, 0.1) is 44.7 Å². The maximum absolute atomic E-state index is 14.2. The first-order valence-electron chi connectivity index (χ1n) is 9.52. The highest BCUT2D eigenvalue weighted by molar-refractivity contribution is 6.07. The number of aliphatic imine (C=N–C) groups is 2. The Balaban J connectivity index is 1.83. The van der Waals surface area contributed by atoms with Crippen molar-refractivity contribution in [3.8, 4) is 0 Å². The van der Waals surface area contributed by atoms with Crippen molar-refractivity contribution in [2.75, 3.05) is 14.2 Å². The number of hydrogen-bond donors (Lipinski definition) is 0. The number of methoxy groups -OCH3 is 2. The topological polar surface area (TPSA) is 103 Å². The molecule has 0 unspecified atom stereocenters. The smallest absolute Gasteiger partial charge is 0.309 e. The van der Waals surface area contributed by atoms with Crippen LogP contribution in [0, 0.1) is 5.82 Å². The van der Waals surface area contributed by atoms with E-state index in [0.29, 0.717) is 24.3 Å². The summed E-state index contributed by atoms with van der Waals surface area (Å²) in [5.41, 5.74) is 2.64. The summed E-state index contributed by atoms with van der Waals surface area (Å²) in [7, 11) is 2.66. The van der Waals surface area contributed by atoms with Gasteiger partial charge in [0.2, 0.25) is 0 Å². The largest absolute Gasteiger partial charge is 0.469 e. The fraction of sp³-hybridized carbons (Fsp3) is 0.273. The van der Waals surface area contributed by atoms with Crippen LogP contribution in [0.3, 0.4) is 0 Å². The van der Waals surface area contributed by atoms with Gasteiger partial charge in [-0.3, -0.25) is 9.59 Å². The number of halogens is 1. The normalized spacial score (nSPS) is 18.0. The lowest BCUT2D eigenvalue weighted by atomic mass is 10.0. The predicted molar refractivity (Wildman–Crippen MR) is 113 cm³/mol. The number of aromatic nitrogens is 2. The minimum absolute atomic E-state index is 0.0366. The van der Waals surface area contributed by atoms with Gasteiger partial charge in [0, 0.05) is 0 Å². The van der Waals surface area contributed by atoms with Crippen LogP contribution in [0.25, 0.3) is 0 Å². The Morgan fingerprint density at radius 2 is 1.52 bits per heavy atom. The van der Waals surface area contributed by atoms with Crippen molar-refractivity contribution in [2.24, 2.45) is 9.98 Å². The first-order valence-corrected chi connectivity index (χ1v) is 9.52. The second-order valence-electron chi connectivity index (χ2n) is 6.74. The van der Waals surface area contributed by atoms with E-state index in [0.717, 1.165) is 17.3 Å². The van der Waals surface area contributed by atoms with Crippen molar-refractivity contribution >= 4 is 35.1 Å². The summed E-state index contributed by atoms with van der Waals surface area (Å²) in [4.78, 5) is 39.5. The third-order valence-electron chi connectivity index (χ3n) is 4.42. The van der Waals surface area contributed by atoms with E-state index >= 15 is 0 Å². The van der Waals surface area contributed by atoms with Gasteiger partial charge in [0.25, 0.3) is 5.95 Å². The molecule has 0 radical (unpaired) electrons. The molecule has 0 bridgehead atoms. The molecule has 160 valence electrons. The zero-order valence-electron chi connectivity index (χ0n) is 17.2. The minimum atomic E-state index is -0.695. The van der Waals surface area contributed by atoms with Gasteiger partial charge in [-0.1, -0.05) is 23.3 Å². The van der Waals surface area contributed by atoms with Crippen molar-refractivity contribution < 1.29 is 23.5 Å². The number of allylic oxidation sites excluding steroid dienone is 6. The summed E-state index contributed by atoms with van der Waals surface area (Å²) >= 11 is 0. The lowest BCUT2D eigenvalue weighted by molar-refractivity contribution is -0.140. The Kier molecular flexibility index (Phi) is 7.31. The quantitative estimate of drug-likeness (QED) is 0.646. The predicted octanol–water partition coefficient (Wildman–Crippen LogP) is 3.66. The lowest BCUT2D eigenvalue weighted by Gasteiger charge is -2.09. The van der Waals surface area contributed by atoms with Crippen LogP contribution in [-0.4, -0.2) is 47.5 Å². The fourth-order valence-electron chi connectivity index (χ4n) is 2.91. The van der Waals surface area contributed by atoms with Crippen LogP contribution in [0.2, 0.25) is 0 Å². The molecule has 2 aliphatic carbocycles. The molecule has 1 aromatic heterocycles. The van der Waals surface area contributed by atoms with Gasteiger partial charge in [-0.25, -0.2) is 19.4 Å². The van der Waals surface area contributed by atoms with Crippen molar-refractivity contribution in [3.05, 3.63) is 59.6 Å². The van der Waals surface area contributed by atoms with E-state index in [1.54, 1.807) is 24.3 Å². The first-order chi connectivity index (χ1) is 15.0. The molecule has 0 atom stereocenters. The maximum Gasteiger partial charge on any atom is 0.309 e. The molecule has 0 spiro atoms. The van der Waals surface area contributed by atoms with Gasteiger partial charge in [-0.15, -0.1) is 0 Å². The molecule has 0 fully saturated rings. The number of carbonyl (C=O) groups excluding carboxylic acids is 2. The Bertz CT molecular complexity index is 1070. The molecule has 0 aromatic carbocycles. The zero-order chi connectivity index (χ0) is 22.2. The van der Waals surface area contributed by atoms with E-state index < -0.39 is 5.82 Å². The van der Waals surface area contributed by atoms with E-state index in [4.69, 9.17) is 0 Å². The molecule has 0 amide bonds. The molecular formula is C22H21FN4O4. The molecule has 31 heavy (non-hydrogen) atoms. The van der Waals surface area contributed by atoms with Crippen molar-refractivity contribution in [1.29, 1.82) is 0 Å². The van der Waals surface area contributed by atoms with Gasteiger partial charge in [0.15, 0.2) is 11.6 Å². The summed E-state index contributed by atoms with van der Waals surface area (Å²) in [6.07, 6.45) is 13.1. The Morgan fingerprint density at radius 1 is 0.968 bits per heavy atom. The van der Waals surface area contributed by atoms with Crippen LogP contribution in [0.15, 0.2) is 63.8 Å². The van der Waals surface area contributed by atoms with Crippen molar-refractivity contribution in [1.82, 2.24) is 9.97 Å². The second-order valence-corrected chi connectivity index (χ2v) is 6.74. The summed E-state index contributed by atoms with van der Waals surface area (Å²) in [5.74, 6) is -1.51. The number of rotatable bonds is 6. The molecule has 2 aliphatic rings. The molecule has 0 N–H and O–H groups in total. The van der Waals surface area contributed by atoms with Crippen LogP contribution in [0.4, 0.5) is 16.2 Å². The third-order valence-corrected chi connectivity index (χ3v) is 4.42. The van der Waals surface area contributed by atoms with Crippen LogP contribution in [-0.2, 0) is 19.1 Å². The molecule has 1 aromatic rings. The average molecular weight is 424 g/mol. The molecule has 8 nitrogen and oxygen atoms in total. The fourth-order valence-corrected chi connectivity index (χ4v) is 2.91. The van der Waals surface area contributed by atoms with Crippen LogP contribution in [0.5, 0.6) is 0 Å². The third kappa shape index (κ3) is 6.36. The van der Waals surface area contributed by atoms with Crippen LogP contribution >= 0.6 is 0 Å². The van der Waals surface area contributed by atoms with Gasteiger partial charge in [0.1, 0.15) is 0 Å². The van der Waals surface area contributed by atoms with E-state index in [1.807, 2.05) is 12.2 Å². The van der Waals surface area contributed by atoms with Gasteiger partial charge >= 0.3 is 11.9 Å². The summed E-state index contributed by atoms with van der Waals surface area (Å²) in [6.45, 7) is 0. The first kappa shape index (κ1) is 21.9. The molecule has 9 heteroatoms. The second kappa shape index (κ2) is 10.3. The van der Waals surface area contributed by atoms with E-state index in [9.17, 15) is 14.0 Å². The van der Waals surface area contributed by atoms with Crippen molar-refractivity contribution in [2.45, 2.75) is 25.7 Å². The highest BCUT2D eigenvalue weighted by Gasteiger charge is 2.12. The molecule has 0 saturated heterocycles. The monoisotopic (exact) mass is 424 g/mol. The highest BCUT2D eigenvalue weighted by Crippen LogP contribution is 2.22. The summed E-state index contributed by atoms with van der Waals surface area (Å²) in [5, 5.41) is 0. The SMILES string of the molecule is COC(=O)CC1=CC(=Nc2ncc(F)c(N=C3C=CCC(CC(=O)OC)=C3)n2)C=CC1. The Labute approximate surface area is 178 Å². The number of esters is 2. The Morgan fingerprint density at radius 3 is 2.06 bits per heavy atom. The van der Waals surface area contributed by atoms with Crippen molar-refractivity contribution in [3.63, 3.8) is 0 Å². The molecule has 0 aliphatic heterocycles. The van der Waals surface area contributed by atoms with Gasteiger partial charge in [-0.05, 0) is 37.1 Å². The van der Waals surface area contributed by atoms with E-state index in [1.165, 1.54) is 14.2 Å². The number of ether oxygens (including phenoxy) is 2. The summed E-state index contributed by atoms with van der Waals surface area (Å²) in [6, 6.07) is 0. The van der Waals surface area contributed by atoms with Gasteiger partial charge < -0.3 is 9.47 Å². The number of nitrogens with zero attached hydrogens (tertiary/aromatic N) is 4. The zero-order valence-corrected chi connectivity index (χ0v) is 17.2. The molecule has 1 heterocycles. The average Bonchev–Trinajstić information content (AvgIpc) is 2.76.